The highest BCUT2D eigenvalue weighted by molar-refractivity contribution is 7.92. The third-order valence-corrected chi connectivity index (χ3v) is 6.43. The lowest BCUT2D eigenvalue weighted by Crippen LogP contribution is -2.53. The van der Waals surface area contributed by atoms with Gasteiger partial charge in [-0.1, -0.05) is 12.1 Å². The van der Waals surface area contributed by atoms with E-state index in [1.807, 2.05) is 0 Å². The Morgan fingerprint density at radius 1 is 1.32 bits per heavy atom. The first-order valence-electron chi connectivity index (χ1n) is 6.63. The first kappa shape index (κ1) is 16.8. The molecule has 1 unspecified atom stereocenters. The van der Waals surface area contributed by atoms with Crippen LogP contribution >= 0.6 is 0 Å². The van der Waals surface area contributed by atoms with Crippen LogP contribution in [-0.2, 0) is 15.4 Å². The number of aliphatic imine (C=N–C) groups is 1. The van der Waals surface area contributed by atoms with Crippen molar-refractivity contribution in [3.8, 4) is 0 Å². The largest absolute Gasteiger partial charge is 0.386 e. The van der Waals surface area contributed by atoms with Gasteiger partial charge in [0.1, 0.15) is 22.8 Å². The molecule has 8 heteroatoms. The van der Waals surface area contributed by atoms with Crippen LogP contribution in [0.15, 0.2) is 23.2 Å². The van der Waals surface area contributed by atoms with Gasteiger partial charge < -0.3 is 5.73 Å². The van der Waals surface area contributed by atoms with Gasteiger partial charge >= 0.3 is 0 Å². The molecule has 122 valence electrons. The first-order chi connectivity index (χ1) is 10.1. The summed E-state index contributed by atoms with van der Waals surface area (Å²) in [5.74, 6) is -2.60. The molecular formula is C14H17F3N2O2S. The average Bonchev–Trinajstić information content (AvgIpc) is 2.44. The molecule has 1 heterocycles. The number of nitrogens with two attached hydrogens (primary N) is 1. The summed E-state index contributed by atoms with van der Waals surface area (Å²) in [7, 11) is -3.58. The summed E-state index contributed by atoms with van der Waals surface area (Å²) in [4.78, 5) is 3.96. The van der Waals surface area contributed by atoms with Gasteiger partial charge in [0.25, 0.3) is 0 Å². The molecule has 2 atom stereocenters. The lowest BCUT2D eigenvalue weighted by molar-refractivity contribution is 0.263. The van der Waals surface area contributed by atoms with Gasteiger partial charge in [-0.2, -0.15) is 0 Å². The highest BCUT2D eigenvalue weighted by Gasteiger charge is 2.49. The Morgan fingerprint density at radius 2 is 1.95 bits per heavy atom. The summed E-state index contributed by atoms with van der Waals surface area (Å²) in [6.07, 6.45) is 0.899. The number of halogens is 3. The zero-order valence-electron chi connectivity index (χ0n) is 12.2. The van der Waals surface area contributed by atoms with Gasteiger partial charge in [0.15, 0.2) is 21.5 Å². The lowest BCUT2D eigenvalue weighted by atomic mass is 9.81. The molecule has 0 saturated heterocycles. The number of rotatable bonds is 3. The van der Waals surface area contributed by atoms with Crippen LogP contribution in [-0.4, -0.2) is 31.9 Å². The predicted molar refractivity (Wildman–Crippen MR) is 78.1 cm³/mol. The van der Waals surface area contributed by atoms with Gasteiger partial charge in [0.2, 0.25) is 0 Å². The topological polar surface area (TPSA) is 72.5 Å². The number of benzene rings is 1. The standard InChI is InChI=1S/C14H17F3N2O2S/c1-13(22(2,20)21)6-7-14(8-15,19-12(13)18)9-4-3-5-10(16)11(9)17/h3-5H,6-8H2,1-2H3,(H2,18,19)/t13?,14-/m1/s1. The molecule has 1 aromatic carbocycles. The van der Waals surface area contributed by atoms with Crippen LogP contribution in [0.25, 0.3) is 0 Å². The molecule has 2 N–H and O–H groups in total. The van der Waals surface area contributed by atoms with Gasteiger partial charge in [-0.15, -0.1) is 0 Å². The van der Waals surface area contributed by atoms with Gasteiger partial charge in [0, 0.05) is 11.8 Å². The fourth-order valence-corrected chi connectivity index (χ4v) is 3.48. The third-order valence-electron chi connectivity index (χ3n) is 4.38. The summed E-state index contributed by atoms with van der Waals surface area (Å²) in [5.41, 5.74) is 3.81. The van der Waals surface area contributed by atoms with Crippen molar-refractivity contribution in [3.63, 3.8) is 0 Å². The molecule has 2 rings (SSSR count). The van der Waals surface area contributed by atoms with E-state index in [-0.39, 0.29) is 24.2 Å². The van der Waals surface area contributed by atoms with Crippen molar-refractivity contribution in [3.05, 3.63) is 35.4 Å². The molecule has 0 radical (unpaired) electrons. The van der Waals surface area contributed by atoms with Crippen LogP contribution < -0.4 is 5.73 Å². The number of alkyl halides is 1. The van der Waals surface area contributed by atoms with Gasteiger partial charge in [-0.3, -0.25) is 4.99 Å². The molecule has 4 nitrogen and oxygen atoms in total. The molecule has 0 bridgehead atoms. The van der Waals surface area contributed by atoms with E-state index in [1.165, 1.54) is 19.1 Å². The molecule has 0 saturated carbocycles. The second kappa shape index (κ2) is 5.26. The number of hydrogen-bond acceptors (Lipinski definition) is 4. The summed E-state index contributed by atoms with van der Waals surface area (Å²) < 4.78 is 63.4. The van der Waals surface area contributed by atoms with Crippen molar-refractivity contribution >= 4 is 15.7 Å². The number of nitrogens with zero attached hydrogens (tertiary/aromatic N) is 1. The average molecular weight is 334 g/mol. The van der Waals surface area contributed by atoms with Crippen molar-refractivity contribution in [2.24, 2.45) is 10.7 Å². The monoisotopic (exact) mass is 334 g/mol. The summed E-state index contributed by atoms with van der Waals surface area (Å²) in [5, 5.41) is 0. The molecule has 0 fully saturated rings. The quantitative estimate of drug-likeness (QED) is 0.920. The number of amidine groups is 1. The summed E-state index contributed by atoms with van der Waals surface area (Å²) >= 11 is 0. The molecular weight excluding hydrogens is 317 g/mol. The fraction of sp³-hybridized carbons (Fsp3) is 0.500. The Morgan fingerprint density at radius 3 is 2.45 bits per heavy atom. The van der Waals surface area contributed by atoms with Crippen molar-refractivity contribution in [1.29, 1.82) is 0 Å². The maximum absolute atomic E-state index is 14.0. The zero-order valence-corrected chi connectivity index (χ0v) is 13.1. The Kier molecular flexibility index (Phi) is 4.01. The molecule has 0 spiro atoms. The van der Waals surface area contributed by atoms with Crippen LogP contribution in [0.1, 0.15) is 25.3 Å². The Balaban J connectivity index is 2.62. The first-order valence-corrected chi connectivity index (χ1v) is 8.52. The van der Waals surface area contributed by atoms with Crippen LogP contribution in [0.2, 0.25) is 0 Å². The number of sulfone groups is 1. The van der Waals surface area contributed by atoms with Crippen LogP contribution in [0.3, 0.4) is 0 Å². The molecule has 0 aliphatic carbocycles. The summed E-state index contributed by atoms with van der Waals surface area (Å²) in [6.45, 7) is 0.291. The molecule has 1 aromatic rings. The Labute approximate surface area is 127 Å². The van der Waals surface area contributed by atoms with E-state index in [4.69, 9.17) is 5.73 Å². The van der Waals surface area contributed by atoms with Gasteiger partial charge in [-0.25, -0.2) is 21.6 Å². The van der Waals surface area contributed by atoms with Crippen LogP contribution in [0, 0.1) is 11.6 Å². The highest BCUT2D eigenvalue weighted by atomic mass is 32.2. The molecule has 0 amide bonds. The summed E-state index contributed by atoms with van der Waals surface area (Å²) in [6, 6.07) is 3.40. The van der Waals surface area contributed by atoms with E-state index in [2.05, 4.69) is 4.99 Å². The van der Waals surface area contributed by atoms with E-state index in [0.717, 1.165) is 12.3 Å². The molecule has 22 heavy (non-hydrogen) atoms. The van der Waals surface area contributed by atoms with E-state index < -0.39 is 38.4 Å². The van der Waals surface area contributed by atoms with E-state index in [9.17, 15) is 21.6 Å². The fourth-order valence-electron chi connectivity index (χ4n) is 2.58. The van der Waals surface area contributed by atoms with Crippen molar-refractivity contribution < 1.29 is 21.6 Å². The SMILES string of the molecule is CC1(S(C)(=O)=O)CC[C@@](CF)(c2cccc(F)c2F)N=C1N. The van der Waals surface area contributed by atoms with Crippen molar-refractivity contribution in [2.45, 2.75) is 30.1 Å². The minimum Gasteiger partial charge on any atom is -0.386 e. The van der Waals surface area contributed by atoms with E-state index in [1.54, 1.807) is 0 Å². The Bertz CT molecular complexity index is 736. The predicted octanol–water partition coefficient (Wildman–Crippen LogP) is 2.08. The van der Waals surface area contributed by atoms with Crippen molar-refractivity contribution in [2.75, 3.05) is 12.9 Å². The van der Waals surface area contributed by atoms with Gasteiger partial charge in [-0.05, 0) is 25.8 Å². The van der Waals surface area contributed by atoms with Crippen molar-refractivity contribution in [1.82, 2.24) is 0 Å². The Hall–Kier alpha value is -1.57. The zero-order chi connectivity index (χ0) is 16.8. The van der Waals surface area contributed by atoms with Crippen LogP contribution in [0.5, 0.6) is 0 Å². The normalized spacial score (nSPS) is 29.2. The molecule has 1 aliphatic heterocycles. The minimum atomic E-state index is -3.58. The van der Waals surface area contributed by atoms with E-state index in [0.29, 0.717) is 0 Å². The second-order valence-electron chi connectivity index (χ2n) is 5.77. The molecule has 1 aliphatic rings. The third kappa shape index (κ3) is 2.39. The number of hydrogen-bond donors (Lipinski definition) is 1. The molecule has 0 aromatic heterocycles. The maximum atomic E-state index is 14.0. The smallest absolute Gasteiger partial charge is 0.164 e. The minimum absolute atomic E-state index is 0.0267. The van der Waals surface area contributed by atoms with Crippen LogP contribution in [0.4, 0.5) is 13.2 Å². The van der Waals surface area contributed by atoms with E-state index >= 15 is 0 Å². The van der Waals surface area contributed by atoms with Gasteiger partial charge in [0.05, 0.1) is 0 Å². The lowest BCUT2D eigenvalue weighted by Gasteiger charge is -2.39. The second-order valence-corrected chi connectivity index (χ2v) is 8.21. The maximum Gasteiger partial charge on any atom is 0.164 e. The highest BCUT2D eigenvalue weighted by Crippen LogP contribution is 2.42.